The molecular weight excluding hydrogens is 138 g/mol. The molecule has 2 rings (SSSR count). The van der Waals surface area contributed by atoms with Crippen molar-refractivity contribution >= 4 is 0 Å². The van der Waals surface area contributed by atoms with Gasteiger partial charge in [-0.25, -0.2) is 4.98 Å². The molecule has 0 bridgehead atoms. The second-order valence-electron chi connectivity index (χ2n) is 2.85. The molecule has 1 aromatic rings. The summed E-state index contributed by atoms with van der Waals surface area (Å²) in [6.45, 7) is 0. The molecule has 0 radical (unpaired) electrons. The van der Waals surface area contributed by atoms with Crippen LogP contribution in [0, 0.1) is 0 Å². The first-order valence-electron chi connectivity index (χ1n) is 4.01. The standard InChI is InChI=1S/C9H11NO/c1-2-4-8(5-3-1)9-10-6-7-11-9/h1-2,6-8H,3-5H2. The maximum atomic E-state index is 5.23. The van der Waals surface area contributed by atoms with Gasteiger partial charge in [0.25, 0.3) is 0 Å². The molecule has 1 heterocycles. The van der Waals surface area contributed by atoms with Crippen LogP contribution in [0.4, 0.5) is 0 Å². The van der Waals surface area contributed by atoms with Crippen LogP contribution < -0.4 is 0 Å². The van der Waals surface area contributed by atoms with Gasteiger partial charge in [0, 0.05) is 5.92 Å². The van der Waals surface area contributed by atoms with E-state index in [1.165, 1.54) is 6.42 Å². The molecule has 0 amide bonds. The lowest BCUT2D eigenvalue weighted by Gasteiger charge is -2.12. The van der Waals surface area contributed by atoms with E-state index < -0.39 is 0 Å². The first-order valence-corrected chi connectivity index (χ1v) is 4.01. The highest BCUT2D eigenvalue weighted by Gasteiger charge is 2.15. The number of hydrogen-bond donors (Lipinski definition) is 0. The minimum Gasteiger partial charge on any atom is -0.449 e. The Morgan fingerprint density at radius 1 is 1.45 bits per heavy atom. The Labute approximate surface area is 65.9 Å². The average Bonchev–Trinajstić information content (AvgIpc) is 2.58. The molecule has 1 aliphatic carbocycles. The van der Waals surface area contributed by atoms with Crippen LogP contribution in [-0.2, 0) is 0 Å². The van der Waals surface area contributed by atoms with Gasteiger partial charge in [-0.3, -0.25) is 0 Å². The van der Waals surface area contributed by atoms with Crippen LogP contribution in [-0.4, -0.2) is 4.98 Å². The van der Waals surface area contributed by atoms with Crippen molar-refractivity contribution in [2.45, 2.75) is 25.2 Å². The van der Waals surface area contributed by atoms with Crippen LogP contribution in [0.5, 0.6) is 0 Å². The van der Waals surface area contributed by atoms with Crippen LogP contribution in [0.1, 0.15) is 31.1 Å². The third-order valence-electron chi connectivity index (χ3n) is 2.07. The topological polar surface area (TPSA) is 26.0 Å². The van der Waals surface area contributed by atoms with E-state index in [9.17, 15) is 0 Å². The van der Waals surface area contributed by atoms with Gasteiger partial charge in [-0.15, -0.1) is 0 Å². The molecule has 0 N–H and O–H groups in total. The van der Waals surface area contributed by atoms with Gasteiger partial charge < -0.3 is 4.42 Å². The summed E-state index contributed by atoms with van der Waals surface area (Å²) >= 11 is 0. The molecule has 11 heavy (non-hydrogen) atoms. The summed E-state index contributed by atoms with van der Waals surface area (Å²) in [5.74, 6) is 1.42. The second kappa shape index (κ2) is 2.91. The normalized spacial score (nSPS) is 23.8. The van der Waals surface area contributed by atoms with Crippen molar-refractivity contribution in [1.29, 1.82) is 0 Å². The molecule has 1 aromatic heterocycles. The Morgan fingerprint density at radius 2 is 2.45 bits per heavy atom. The molecule has 0 fully saturated rings. The second-order valence-corrected chi connectivity index (χ2v) is 2.85. The van der Waals surface area contributed by atoms with Crippen LogP contribution in [0.25, 0.3) is 0 Å². The molecular formula is C9H11NO. The number of nitrogens with zero attached hydrogens (tertiary/aromatic N) is 1. The maximum Gasteiger partial charge on any atom is 0.197 e. The summed E-state index contributed by atoms with van der Waals surface area (Å²) < 4.78 is 5.23. The number of rotatable bonds is 1. The van der Waals surface area contributed by atoms with Crippen molar-refractivity contribution in [3.05, 3.63) is 30.5 Å². The van der Waals surface area contributed by atoms with Gasteiger partial charge in [-0.1, -0.05) is 12.2 Å². The van der Waals surface area contributed by atoms with E-state index in [0.717, 1.165) is 18.7 Å². The predicted octanol–water partition coefficient (Wildman–Crippen LogP) is 2.50. The minimum absolute atomic E-state index is 0.523. The van der Waals surface area contributed by atoms with Gasteiger partial charge in [-0.2, -0.15) is 0 Å². The Morgan fingerprint density at radius 3 is 3.09 bits per heavy atom. The fourth-order valence-corrected chi connectivity index (χ4v) is 1.45. The molecule has 2 heteroatoms. The SMILES string of the molecule is C1=CCC(c2ncco2)CC1. The van der Waals surface area contributed by atoms with Crippen molar-refractivity contribution in [1.82, 2.24) is 4.98 Å². The van der Waals surface area contributed by atoms with Crippen LogP contribution in [0.3, 0.4) is 0 Å². The fraction of sp³-hybridized carbons (Fsp3) is 0.444. The van der Waals surface area contributed by atoms with E-state index in [1.807, 2.05) is 0 Å². The van der Waals surface area contributed by atoms with Gasteiger partial charge in [0.15, 0.2) is 5.89 Å². The van der Waals surface area contributed by atoms with E-state index >= 15 is 0 Å². The van der Waals surface area contributed by atoms with Crippen LogP contribution in [0.15, 0.2) is 29.0 Å². The van der Waals surface area contributed by atoms with Gasteiger partial charge in [-0.05, 0) is 19.3 Å². The number of allylic oxidation sites excluding steroid dienone is 2. The molecule has 1 atom stereocenters. The van der Waals surface area contributed by atoms with Crippen molar-refractivity contribution < 1.29 is 4.42 Å². The Kier molecular flexibility index (Phi) is 1.76. The summed E-state index contributed by atoms with van der Waals surface area (Å²) in [7, 11) is 0. The fourth-order valence-electron chi connectivity index (χ4n) is 1.45. The minimum atomic E-state index is 0.523. The smallest absolute Gasteiger partial charge is 0.197 e. The molecule has 0 aromatic carbocycles. The lowest BCUT2D eigenvalue weighted by Crippen LogP contribution is -2.00. The quantitative estimate of drug-likeness (QED) is 0.573. The summed E-state index contributed by atoms with van der Waals surface area (Å²) in [5.41, 5.74) is 0. The highest BCUT2D eigenvalue weighted by atomic mass is 16.3. The Balaban J connectivity index is 2.11. The van der Waals surface area contributed by atoms with Crippen molar-refractivity contribution in [3.63, 3.8) is 0 Å². The van der Waals surface area contributed by atoms with E-state index in [0.29, 0.717) is 5.92 Å². The maximum absolute atomic E-state index is 5.23. The number of hydrogen-bond acceptors (Lipinski definition) is 2. The van der Waals surface area contributed by atoms with E-state index in [-0.39, 0.29) is 0 Å². The lowest BCUT2D eigenvalue weighted by molar-refractivity contribution is 0.427. The summed E-state index contributed by atoms with van der Waals surface area (Å²) in [5, 5.41) is 0. The first-order chi connectivity index (χ1) is 5.47. The molecule has 0 saturated carbocycles. The summed E-state index contributed by atoms with van der Waals surface area (Å²) in [6, 6.07) is 0. The monoisotopic (exact) mass is 149 g/mol. The van der Waals surface area contributed by atoms with Gasteiger partial charge in [0.2, 0.25) is 0 Å². The van der Waals surface area contributed by atoms with Crippen molar-refractivity contribution in [3.8, 4) is 0 Å². The molecule has 0 spiro atoms. The number of aromatic nitrogens is 1. The third-order valence-corrected chi connectivity index (χ3v) is 2.07. The zero-order valence-electron chi connectivity index (χ0n) is 6.36. The highest BCUT2D eigenvalue weighted by Crippen LogP contribution is 2.27. The lowest BCUT2D eigenvalue weighted by atomic mass is 9.94. The van der Waals surface area contributed by atoms with E-state index in [1.54, 1.807) is 12.5 Å². The number of oxazole rings is 1. The highest BCUT2D eigenvalue weighted by molar-refractivity contribution is 5.01. The molecule has 1 unspecified atom stereocenters. The summed E-state index contributed by atoms with van der Waals surface area (Å²) in [4.78, 5) is 4.14. The molecule has 58 valence electrons. The Hall–Kier alpha value is -1.05. The molecule has 0 saturated heterocycles. The van der Waals surface area contributed by atoms with E-state index in [2.05, 4.69) is 17.1 Å². The molecule has 1 aliphatic rings. The van der Waals surface area contributed by atoms with E-state index in [4.69, 9.17) is 4.42 Å². The molecule has 0 aliphatic heterocycles. The summed E-state index contributed by atoms with van der Waals surface area (Å²) in [6.07, 6.45) is 11.2. The van der Waals surface area contributed by atoms with Crippen molar-refractivity contribution in [2.75, 3.05) is 0 Å². The van der Waals surface area contributed by atoms with Gasteiger partial charge in [0.05, 0.1) is 6.20 Å². The average molecular weight is 149 g/mol. The zero-order chi connectivity index (χ0) is 7.52. The molecule has 2 nitrogen and oxygen atoms in total. The largest absolute Gasteiger partial charge is 0.449 e. The van der Waals surface area contributed by atoms with Gasteiger partial charge >= 0.3 is 0 Å². The van der Waals surface area contributed by atoms with Crippen LogP contribution >= 0.6 is 0 Å². The first kappa shape index (κ1) is 6.65. The van der Waals surface area contributed by atoms with Crippen molar-refractivity contribution in [2.24, 2.45) is 0 Å². The Bertz CT molecular complexity index is 238. The predicted molar refractivity (Wildman–Crippen MR) is 42.2 cm³/mol. The van der Waals surface area contributed by atoms with Gasteiger partial charge in [0.1, 0.15) is 6.26 Å². The third kappa shape index (κ3) is 1.34. The zero-order valence-corrected chi connectivity index (χ0v) is 6.36. The van der Waals surface area contributed by atoms with Crippen LogP contribution in [0.2, 0.25) is 0 Å².